The van der Waals surface area contributed by atoms with Gasteiger partial charge in [0, 0.05) is 22.6 Å². The molecule has 0 fully saturated rings. The minimum Gasteiger partial charge on any atom is -0.389 e. The maximum atomic E-state index is 12.7. The maximum absolute atomic E-state index is 12.7. The number of aromatic nitrogens is 3. The van der Waals surface area contributed by atoms with Crippen molar-refractivity contribution in [2.45, 2.75) is 29.4 Å². The quantitative estimate of drug-likeness (QED) is 0.319. The summed E-state index contributed by atoms with van der Waals surface area (Å²) in [7, 11) is 0. The molecule has 0 aliphatic rings. The average Bonchev–Trinajstić information content (AvgIpc) is 3.17. The van der Waals surface area contributed by atoms with Gasteiger partial charge in [-0.3, -0.25) is 0 Å². The molecule has 170 valence electrons. The zero-order chi connectivity index (χ0) is 23.6. The molecule has 0 unspecified atom stereocenters. The van der Waals surface area contributed by atoms with Crippen molar-refractivity contribution in [1.82, 2.24) is 14.6 Å². The molecular formula is C23H20F3N5S2. The van der Waals surface area contributed by atoms with Gasteiger partial charge in [-0.05, 0) is 36.8 Å². The molecule has 2 heterocycles. The number of fused-ring (bicyclic) bond motifs is 1. The van der Waals surface area contributed by atoms with Crippen LogP contribution in [0.5, 0.6) is 0 Å². The number of hydrogen-bond donors (Lipinski definition) is 2. The van der Waals surface area contributed by atoms with Gasteiger partial charge in [-0.2, -0.15) is 18.3 Å². The highest BCUT2D eigenvalue weighted by atomic mass is 32.2. The van der Waals surface area contributed by atoms with E-state index >= 15 is 0 Å². The van der Waals surface area contributed by atoms with Gasteiger partial charge in [-0.15, -0.1) is 0 Å². The van der Waals surface area contributed by atoms with E-state index in [-0.39, 0.29) is 6.54 Å². The summed E-state index contributed by atoms with van der Waals surface area (Å²) in [5, 5.41) is 8.22. The predicted molar refractivity (Wildman–Crippen MR) is 129 cm³/mol. The number of nitrogens with zero attached hydrogens (tertiary/aromatic N) is 3. The first kappa shape index (κ1) is 23.1. The summed E-state index contributed by atoms with van der Waals surface area (Å²) < 4.78 is 39.7. The molecule has 0 spiro atoms. The number of alkyl halides is 3. The number of imidazole rings is 1. The van der Waals surface area contributed by atoms with E-state index in [4.69, 9.17) is 23.1 Å². The fourth-order valence-electron chi connectivity index (χ4n) is 3.37. The van der Waals surface area contributed by atoms with E-state index in [1.54, 1.807) is 16.8 Å². The van der Waals surface area contributed by atoms with Crippen molar-refractivity contribution in [1.29, 1.82) is 0 Å². The molecule has 4 aromatic rings. The molecule has 2 aromatic carbocycles. The zero-order valence-corrected chi connectivity index (χ0v) is 19.2. The van der Waals surface area contributed by atoms with Gasteiger partial charge in [0.1, 0.15) is 10.0 Å². The standard InChI is InChI=1S/C23H20F3N5S2/c1-14-11-15(7-8-17(14)21(27)32)19-13-29-22-18(28-10-9-23(24,25)26)12-20(30-31(19)22)33-16-5-3-2-4-6-16/h2-8,11-13,28H,9-10H2,1H3,(H2,27,32). The monoisotopic (exact) mass is 487 g/mol. The van der Waals surface area contributed by atoms with Crippen molar-refractivity contribution in [3.05, 3.63) is 71.9 Å². The number of benzene rings is 2. The Morgan fingerprint density at radius 1 is 1.15 bits per heavy atom. The number of hydrogen-bond acceptors (Lipinski definition) is 5. The van der Waals surface area contributed by atoms with E-state index in [9.17, 15) is 13.2 Å². The lowest BCUT2D eigenvalue weighted by molar-refractivity contribution is -0.131. The third-order valence-electron chi connectivity index (χ3n) is 4.92. The van der Waals surface area contributed by atoms with Gasteiger partial charge < -0.3 is 11.1 Å². The molecular weight excluding hydrogens is 467 g/mol. The van der Waals surface area contributed by atoms with E-state index in [1.807, 2.05) is 55.5 Å². The Kier molecular flexibility index (Phi) is 6.57. The molecule has 0 saturated carbocycles. The Bertz CT molecular complexity index is 1300. The van der Waals surface area contributed by atoms with Crippen molar-refractivity contribution >= 4 is 40.3 Å². The van der Waals surface area contributed by atoms with Gasteiger partial charge in [-0.25, -0.2) is 9.50 Å². The van der Waals surface area contributed by atoms with Crippen LogP contribution >= 0.6 is 24.0 Å². The molecule has 0 aliphatic carbocycles. The summed E-state index contributed by atoms with van der Waals surface area (Å²) in [5.74, 6) is 0. The SMILES string of the molecule is Cc1cc(-c2cnc3c(NCCC(F)(F)F)cc(Sc4ccccc4)nn23)ccc1C(N)=S. The van der Waals surface area contributed by atoms with E-state index in [0.717, 1.165) is 21.6 Å². The molecule has 0 amide bonds. The lowest BCUT2D eigenvalue weighted by atomic mass is 10.0. The summed E-state index contributed by atoms with van der Waals surface area (Å²) in [6.07, 6.45) is -3.54. The normalized spacial score (nSPS) is 11.6. The van der Waals surface area contributed by atoms with Crippen LogP contribution in [0.2, 0.25) is 0 Å². The third-order valence-corrected chi connectivity index (χ3v) is 6.06. The first-order chi connectivity index (χ1) is 15.7. The topological polar surface area (TPSA) is 68.2 Å². The second-order valence-corrected chi connectivity index (χ2v) is 8.91. The molecule has 0 atom stereocenters. The van der Waals surface area contributed by atoms with Gasteiger partial charge >= 0.3 is 6.18 Å². The van der Waals surface area contributed by atoms with E-state index in [0.29, 0.717) is 27.0 Å². The van der Waals surface area contributed by atoms with Gasteiger partial charge in [0.2, 0.25) is 0 Å². The minimum atomic E-state index is -4.25. The molecule has 4 rings (SSSR count). The number of nitrogens with two attached hydrogens (primary N) is 1. The van der Waals surface area contributed by atoms with Crippen LogP contribution in [0.1, 0.15) is 17.5 Å². The smallest absolute Gasteiger partial charge is 0.389 e. The van der Waals surface area contributed by atoms with E-state index < -0.39 is 12.6 Å². The molecule has 2 aromatic heterocycles. The van der Waals surface area contributed by atoms with Crippen LogP contribution in [0.4, 0.5) is 18.9 Å². The first-order valence-electron chi connectivity index (χ1n) is 10.0. The van der Waals surface area contributed by atoms with Crippen LogP contribution in [-0.4, -0.2) is 32.3 Å². The predicted octanol–water partition coefficient (Wildman–Crippen LogP) is 5.85. The number of anilines is 1. The Balaban J connectivity index is 1.77. The Morgan fingerprint density at radius 3 is 2.58 bits per heavy atom. The Labute approximate surface area is 198 Å². The van der Waals surface area contributed by atoms with Crippen LogP contribution in [-0.2, 0) is 0 Å². The molecule has 0 saturated heterocycles. The minimum absolute atomic E-state index is 0.261. The first-order valence-corrected chi connectivity index (χ1v) is 11.3. The molecule has 0 aliphatic heterocycles. The molecule has 10 heteroatoms. The third kappa shape index (κ3) is 5.45. The average molecular weight is 488 g/mol. The molecule has 5 nitrogen and oxygen atoms in total. The number of nitrogens with one attached hydrogen (secondary N) is 1. The van der Waals surface area contributed by atoms with Crippen LogP contribution in [0.25, 0.3) is 16.9 Å². The molecule has 0 radical (unpaired) electrons. The summed E-state index contributed by atoms with van der Waals surface area (Å²) >= 11 is 6.51. The highest BCUT2D eigenvalue weighted by Gasteiger charge is 2.26. The van der Waals surface area contributed by atoms with Crippen LogP contribution < -0.4 is 11.1 Å². The number of aryl methyl sites for hydroxylation is 1. The largest absolute Gasteiger partial charge is 0.390 e. The van der Waals surface area contributed by atoms with Crippen molar-refractivity contribution in [3.8, 4) is 11.3 Å². The summed E-state index contributed by atoms with van der Waals surface area (Å²) in [5.41, 5.74) is 9.94. The van der Waals surface area contributed by atoms with Crippen LogP contribution in [0, 0.1) is 6.92 Å². The number of thiocarbonyl (C=S) groups is 1. The number of rotatable bonds is 7. The maximum Gasteiger partial charge on any atom is 0.390 e. The summed E-state index contributed by atoms with van der Waals surface area (Å²) in [6.45, 7) is 1.65. The van der Waals surface area contributed by atoms with Gasteiger partial charge in [-0.1, -0.05) is 54.3 Å². The fraction of sp³-hybridized carbons (Fsp3) is 0.174. The van der Waals surface area contributed by atoms with Crippen molar-refractivity contribution < 1.29 is 13.2 Å². The Morgan fingerprint density at radius 2 is 1.91 bits per heavy atom. The second-order valence-electron chi connectivity index (χ2n) is 7.38. The van der Waals surface area contributed by atoms with E-state index in [2.05, 4.69) is 10.3 Å². The second kappa shape index (κ2) is 9.40. The zero-order valence-electron chi connectivity index (χ0n) is 17.6. The number of halogens is 3. The van der Waals surface area contributed by atoms with Gasteiger partial charge in [0.05, 0.1) is 24.0 Å². The highest BCUT2D eigenvalue weighted by Crippen LogP contribution is 2.32. The Hall–Kier alpha value is -3.11. The fourth-order valence-corrected chi connectivity index (χ4v) is 4.43. The lowest BCUT2D eigenvalue weighted by Crippen LogP contribution is -2.15. The molecule has 33 heavy (non-hydrogen) atoms. The van der Waals surface area contributed by atoms with Crippen LogP contribution in [0.15, 0.2) is 70.7 Å². The van der Waals surface area contributed by atoms with Crippen molar-refractivity contribution in [3.63, 3.8) is 0 Å². The molecule has 0 bridgehead atoms. The highest BCUT2D eigenvalue weighted by molar-refractivity contribution is 7.99. The summed E-state index contributed by atoms with van der Waals surface area (Å²) in [4.78, 5) is 5.72. The lowest BCUT2D eigenvalue weighted by Gasteiger charge is -2.12. The summed E-state index contributed by atoms with van der Waals surface area (Å²) in [6, 6.07) is 17.0. The van der Waals surface area contributed by atoms with Crippen LogP contribution in [0.3, 0.4) is 0 Å². The van der Waals surface area contributed by atoms with Gasteiger partial charge in [0.25, 0.3) is 0 Å². The van der Waals surface area contributed by atoms with Crippen molar-refractivity contribution in [2.75, 3.05) is 11.9 Å². The van der Waals surface area contributed by atoms with E-state index in [1.165, 1.54) is 11.8 Å². The van der Waals surface area contributed by atoms with Crippen molar-refractivity contribution in [2.24, 2.45) is 5.73 Å². The van der Waals surface area contributed by atoms with Gasteiger partial charge in [0.15, 0.2) is 5.65 Å². The molecule has 3 N–H and O–H groups in total.